The number of ether oxygens (including phenoxy) is 1. The molecule has 0 amide bonds. The number of aromatic nitrogens is 3. The molecule has 4 heteroatoms. The van der Waals surface area contributed by atoms with E-state index < -0.39 is 0 Å². The number of rotatable bonds is 2. The first-order valence-corrected chi connectivity index (χ1v) is 5.77. The van der Waals surface area contributed by atoms with Crippen LogP contribution in [0.1, 0.15) is 37.4 Å². The van der Waals surface area contributed by atoms with Gasteiger partial charge in [0.25, 0.3) is 0 Å². The van der Waals surface area contributed by atoms with E-state index in [1.807, 2.05) is 18.3 Å². The SMILES string of the molecule is COc1ccn2c(C3CCCC3)nnc2c1. The number of methoxy groups -OCH3 is 1. The average Bonchev–Trinajstić information content (AvgIpc) is 2.96. The number of hydrogen-bond donors (Lipinski definition) is 0. The first-order chi connectivity index (χ1) is 7.88. The lowest BCUT2D eigenvalue weighted by Gasteiger charge is -2.06. The van der Waals surface area contributed by atoms with Crippen molar-refractivity contribution in [3.05, 3.63) is 24.2 Å². The van der Waals surface area contributed by atoms with Crippen LogP contribution in [0, 0.1) is 0 Å². The summed E-state index contributed by atoms with van der Waals surface area (Å²) in [5.41, 5.74) is 0.876. The molecule has 0 aromatic carbocycles. The fourth-order valence-electron chi connectivity index (χ4n) is 2.48. The van der Waals surface area contributed by atoms with Crippen LogP contribution in [0.3, 0.4) is 0 Å². The van der Waals surface area contributed by atoms with E-state index in [4.69, 9.17) is 4.74 Å². The summed E-state index contributed by atoms with van der Waals surface area (Å²) < 4.78 is 7.26. The van der Waals surface area contributed by atoms with Crippen LogP contribution in [0.15, 0.2) is 18.3 Å². The molecule has 84 valence electrons. The highest BCUT2D eigenvalue weighted by molar-refractivity contribution is 5.44. The van der Waals surface area contributed by atoms with Gasteiger partial charge in [-0.3, -0.25) is 4.40 Å². The van der Waals surface area contributed by atoms with Crippen LogP contribution in [0.2, 0.25) is 0 Å². The van der Waals surface area contributed by atoms with Gasteiger partial charge in [0.2, 0.25) is 0 Å². The van der Waals surface area contributed by atoms with Gasteiger partial charge in [-0.05, 0) is 18.9 Å². The van der Waals surface area contributed by atoms with Crippen molar-refractivity contribution in [2.24, 2.45) is 0 Å². The van der Waals surface area contributed by atoms with Gasteiger partial charge in [0, 0.05) is 18.2 Å². The van der Waals surface area contributed by atoms with E-state index in [0.717, 1.165) is 17.2 Å². The molecule has 0 saturated heterocycles. The molecular formula is C12H15N3O. The standard InChI is InChI=1S/C12H15N3O/c1-16-10-6-7-15-11(8-10)13-14-12(15)9-4-2-3-5-9/h6-9H,2-5H2,1H3. The molecule has 1 saturated carbocycles. The molecule has 2 aromatic heterocycles. The zero-order valence-corrected chi connectivity index (χ0v) is 9.39. The lowest BCUT2D eigenvalue weighted by molar-refractivity contribution is 0.414. The molecule has 0 unspecified atom stereocenters. The Hall–Kier alpha value is -1.58. The monoisotopic (exact) mass is 217 g/mol. The van der Waals surface area contributed by atoms with Gasteiger partial charge in [-0.15, -0.1) is 10.2 Å². The van der Waals surface area contributed by atoms with E-state index in [9.17, 15) is 0 Å². The normalized spacial score (nSPS) is 17.1. The van der Waals surface area contributed by atoms with E-state index in [1.54, 1.807) is 7.11 Å². The van der Waals surface area contributed by atoms with E-state index in [-0.39, 0.29) is 0 Å². The summed E-state index contributed by atoms with van der Waals surface area (Å²) >= 11 is 0. The van der Waals surface area contributed by atoms with Gasteiger partial charge >= 0.3 is 0 Å². The summed E-state index contributed by atoms with van der Waals surface area (Å²) in [7, 11) is 1.67. The van der Waals surface area contributed by atoms with Crippen LogP contribution in [0.4, 0.5) is 0 Å². The Kier molecular flexibility index (Phi) is 2.27. The first-order valence-electron chi connectivity index (χ1n) is 5.77. The fourth-order valence-corrected chi connectivity index (χ4v) is 2.48. The van der Waals surface area contributed by atoms with Crippen LogP contribution in [0.5, 0.6) is 5.75 Å². The smallest absolute Gasteiger partial charge is 0.164 e. The maximum atomic E-state index is 5.18. The van der Waals surface area contributed by atoms with Gasteiger partial charge in [-0.25, -0.2) is 0 Å². The maximum Gasteiger partial charge on any atom is 0.164 e. The van der Waals surface area contributed by atoms with Crippen molar-refractivity contribution in [3.8, 4) is 5.75 Å². The maximum absolute atomic E-state index is 5.18. The number of pyridine rings is 1. The molecule has 0 spiro atoms. The molecule has 0 aliphatic heterocycles. The van der Waals surface area contributed by atoms with Gasteiger partial charge in [0.05, 0.1) is 7.11 Å². The van der Waals surface area contributed by atoms with Gasteiger partial charge in [-0.1, -0.05) is 12.8 Å². The zero-order chi connectivity index (χ0) is 11.0. The topological polar surface area (TPSA) is 39.4 Å². The summed E-state index contributed by atoms with van der Waals surface area (Å²) in [6.07, 6.45) is 7.12. The summed E-state index contributed by atoms with van der Waals surface area (Å²) in [5, 5.41) is 8.51. The summed E-state index contributed by atoms with van der Waals surface area (Å²) in [6.45, 7) is 0. The highest BCUT2D eigenvalue weighted by Crippen LogP contribution is 2.33. The van der Waals surface area contributed by atoms with E-state index >= 15 is 0 Å². The molecule has 1 aliphatic carbocycles. The third kappa shape index (κ3) is 1.45. The van der Waals surface area contributed by atoms with Crippen molar-refractivity contribution in [3.63, 3.8) is 0 Å². The molecule has 0 N–H and O–H groups in total. The minimum atomic E-state index is 0.586. The van der Waals surface area contributed by atoms with Crippen molar-refractivity contribution in [1.82, 2.24) is 14.6 Å². The van der Waals surface area contributed by atoms with Crippen molar-refractivity contribution < 1.29 is 4.74 Å². The summed E-state index contributed by atoms with van der Waals surface area (Å²) in [5.74, 6) is 2.52. The molecule has 3 rings (SSSR count). The Balaban J connectivity index is 2.06. The lowest BCUT2D eigenvalue weighted by Crippen LogP contribution is -2.00. The largest absolute Gasteiger partial charge is 0.497 e. The number of fused-ring (bicyclic) bond motifs is 1. The minimum Gasteiger partial charge on any atom is -0.497 e. The van der Waals surface area contributed by atoms with Crippen LogP contribution in [-0.4, -0.2) is 21.7 Å². The molecule has 4 nitrogen and oxygen atoms in total. The Bertz CT molecular complexity index is 500. The third-order valence-electron chi connectivity index (χ3n) is 3.36. The van der Waals surface area contributed by atoms with Crippen LogP contribution in [0.25, 0.3) is 5.65 Å². The second-order valence-corrected chi connectivity index (χ2v) is 4.33. The van der Waals surface area contributed by atoms with Gasteiger partial charge in [0.1, 0.15) is 11.6 Å². The Morgan fingerprint density at radius 3 is 2.88 bits per heavy atom. The Morgan fingerprint density at radius 2 is 2.12 bits per heavy atom. The summed E-state index contributed by atoms with van der Waals surface area (Å²) in [6, 6.07) is 3.88. The molecule has 0 atom stereocenters. The highest BCUT2D eigenvalue weighted by atomic mass is 16.5. The molecular weight excluding hydrogens is 202 g/mol. The third-order valence-corrected chi connectivity index (χ3v) is 3.36. The van der Waals surface area contributed by atoms with Gasteiger partial charge < -0.3 is 4.74 Å². The predicted octanol–water partition coefficient (Wildman–Crippen LogP) is 2.40. The van der Waals surface area contributed by atoms with Crippen LogP contribution < -0.4 is 4.74 Å². The fraction of sp³-hybridized carbons (Fsp3) is 0.500. The lowest BCUT2D eigenvalue weighted by atomic mass is 10.1. The van der Waals surface area contributed by atoms with E-state index in [2.05, 4.69) is 14.6 Å². The zero-order valence-electron chi connectivity index (χ0n) is 9.39. The van der Waals surface area contributed by atoms with Gasteiger partial charge in [-0.2, -0.15) is 0 Å². The van der Waals surface area contributed by atoms with Gasteiger partial charge in [0.15, 0.2) is 5.65 Å². The van der Waals surface area contributed by atoms with Crippen molar-refractivity contribution in [1.29, 1.82) is 0 Å². The van der Waals surface area contributed by atoms with Crippen molar-refractivity contribution in [2.45, 2.75) is 31.6 Å². The molecule has 16 heavy (non-hydrogen) atoms. The Morgan fingerprint density at radius 1 is 1.31 bits per heavy atom. The second-order valence-electron chi connectivity index (χ2n) is 4.33. The summed E-state index contributed by atoms with van der Waals surface area (Å²) in [4.78, 5) is 0. The van der Waals surface area contributed by atoms with E-state index in [0.29, 0.717) is 5.92 Å². The highest BCUT2D eigenvalue weighted by Gasteiger charge is 2.22. The number of nitrogens with zero attached hydrogens (tertiary/aromatic N) is 3. The second kappa shape index (κ2) is 3.77. The first kappa shape index (κ1) is 9.63. The predicted molar refractivity (Wildman–Crippen MR) is 60.7 cm³/mol. The molecule has 1 aliphatic rings. The average molecular weight is 217 g/mol. The quantitative estimate of drug-likeness (QED) is 0.775. The number of hydrogen-bond acceptors (Lipinski definition) is 3. The van der Waals surface area contributed by atoms with Crippen molar-refractivity contribution in [2.75, 3.05) is 7.11 Å². The molecule has 1 fully saturated rings. The van der Waals surface area contributed by atoms with Crippen molar-refractivity contribution >= 4 is 5.65 Å². The molecule has 2 heterocycles. The molecule has 0 radical (unpaired) electrons. The molecule has 2 aromatic rings. The van der Waals surface area contributed by atoms with Crippen LogP contribution in [-0.2, 0) is 0 Å². The minimum absolute atomic E-state index is 0.586. The van der Waals surface area contributed by atoms with E-state index in [1.165, 1.54) is 25.7 Å². The molecule has 0 bridgehead atoms. The van der Waals surface area contributed by atoms with Crippen LogP contribution >= 0.6 is 0 Å². The Labute approximate surface area is 94.3 Å².